The van der Waals surface area contributed by atoms with Crippen LogP contribution in [-0.4, -0.2) is 40.7 Å². The zero-order chi connectivity index (χ0) is 20.3. The molecule has 2 aromatic rings. The number of nitrogens with zero attached hydrogens (tertiary/aromatic N) is 2. The number of hydrogen-bond acceptors (Lipinski definition) is 2. The van der Waals surface area contributed by atoms with Gasteiger partial charge >= 0.3 is 6.09 Å². The summed E-state index contributed by atoms with van der Waals surface area (Å²) in [5.74, 6) is 10.4. The number of carboxylic acid groups (broad SMARTS) is 1. The molecule has 1 saturated heterocycles. The Morgan fingerprint density at radius 1 is 1.18 bits per heavy atom. The summed E-state index contributed by atoms with van der Waals surface area (Å²) >= 11 is 0. The lowest BCUT2D eigenvalue weighted by Gasteiger charge is -2.19. The van der Waals surface area contributed by atoms with Crippen molar-refractivity contribution in [1.29, 1.82) is 0 Å². The van der Waals surface area contributed by atoms with Crippen molar-refractivity contribution >= 4 is 14.2 Å². The first-order valence-electron chi connectivity index (χ1n) is 9.41. The molecule has 0 spiro atoms. The van der Waals surface area contributed by atoms with Crippen LogP contribution in [0.3, 0.4) is 0 Å². The summed E-state index contributed by atoms with van der Waals surface area (Å²) < 4.78 is 0. The third-order valence-electron chi connectivity index (χ3n) is 4.48. The van der Waals surface area contributed by atoms with Gasteiger partial charge in [0.2, 0.25) is 0 Å². The molecule has 144 valence electrons. The first-order valence-corrected chi connectivity index (χ1v) is 12.9. The fourth-order valence-electron chi connectivity index (χ4n) is 3.12. The maximum Gasteiger partial charge on any atom is 0.407 e. The van der Waals surface area contributed by atoms with Gasteiger partial charge in [-0.25, -0.2) is 9.78 Å². The summed E-state index contributed by atoms with van der Waals surface area (Å²) in [7, 11) is -1.38. The van der Waals surface area contributed by atoms with Crippen molar-refractivity contribution in [2.24, 2.45) is 5.92 Å². The van der Waals surface area contributed by atoms with E-state index in [1.807, 2.05) is 24.3 Å². The number of nitrogens with one attached hydrogen (secondary N) is 1. The molecule has 1 amide bonds. The van der Waals surface area contributed by atoms with Crippen LogP contribution in [-0.2, 0) is 0 Å². The van der Waals surface area contributed by atoms with Crippen LogP contribution in [0.2, 0.25) is 19.6 Å². The van der Waals surface area contributed by atoms with Crippen LogP contribution < -0.4 is 0 Å². The van der Waals surface area contributed by atoms with Gasteiger partial charge in [-0.15, -0.1) is 5.54 Å². The molecule has 2 heterocycles. The van der Waals surface area contributed by atoms with Gasteiger partial charge in [-0.3, -0.25) is 4.90 Å². The number of imidazole rings is 1. The standard InChI is InChI=1S/C22H25N3O2Si/c1-16-13-20(25(15-16)22(26)27)21-23-14-19(24-21)10-9-17-5-7-18(8-6-17)11-12-28(2,3)4/h5-8,14,16,20H,13,15H2,1-4H3,(H,23,24)(H,26,27)/t16-,20-/m0/s1. The van der Waals surface area contributed by atoms with Crippen LogP contribution in [0.1, 0.15) is 42.0 Å². The third kappa shape index (κ3) is 5.06. The lowest BCUT2D eigenvalue weighted by Crippen LogP contribution is -2.29. The summed E-state index contributed by atoms with van der Waals surface area (Å²) in [5.41, 5.74) is 5.94. The molecule has 1 aromatic carbocycles. The zero-order valence-electron chi connectivity index (χ0n) is 16.7. The van der Waals surface area contributed by atoms with Gasteiger partial charge in [0, 0.05) is 17.7 Å². The van der Waals surface area contributed by atoms with E-state index in [2.05, 4.69) is 59.8 Å². The first kappa shape index (κ1) is 19.8. The van der Waals surface area contributed by atoms with Gasteiger partial charge in [-0.05, 0) is 42.5 Å². The number of aromatic nitrogens is 2. The summed E-state index contributed by atoms with van der Waals surface area (Å²) in [6.07, 6.45) is 1.53. The average molecular weight is 392 g/mol. The molecule has 1 aliphatic rings. The third-order valence-corrected chi connectivity index (χ3v) is 5.35. The molecule has 0 unspecified atom stereocenters. The Balaban J connectivity index is 1.72. The second-order valence-electron chi connectivity index (χ2n) is 8.30. The van der Waals surface area contributed by atoms with Crippen LogP contribution in [0.5, 0.6) is 0 Å². The number of benzene rings is 1. The number of aromatic amines is 1. The van der Waals surface area contributed by atoms with Gasteiger partial charge < -0.3 is 10.1 Å². The minimum Gasteiger partial charge on any atom is -0.465 e. The average Bonchev–Trinajstić information content (AvgIpc) is 3.25. The van der Waals surface area contributed by atoms with Gasteiger partial charge in [0.15, 0.2) is 0 Å². The molecular weight excluding hydrogens is 366 g/mol. The maximum atomic E-state index is 11.4. The molecule has 2 N–H and O–H groups in total. The molecule has 0 radical (unpaired) electrons. The van der Waals surface area contributed by atoms with E-state index in [-0.39, 0.29) is 6.04 Å². The lowest BCUT2D eigenvalue weighted by atomic mass is 10.1. The highest BCUT2D eigenvalue weighted by Crippen LogP contribution is 2.33. The van der Waals surface area contributed by atoms with Crippen LogP contribution in [0.15, 0.2) is 30.5 Å². The van der Waals surface area contributed by atoms with Gasteiger partial charge in [-0.2, -0.15) is 0 Å². The van der Waals surface area contributed by atoms with E-state index >= 15 is 0 Å². The fraction of sp³-hybridized carbons (Fsp3) is 0.364. The Morgan fingerprint density at radius 3 is 2.43 bits per heavy atom. The number of likely N-dealkylation sites (tertiary alicyclic amines) is 1. The van der Waals surface area contributed by atoms with Crippen LogP contribution in [0.4, 0.5) is 4.79 Å². The molecule has 5 nitrogen and oxygen atoms in total. The predicted octanol–water partition coefficient (Wildman–Crippen LogP) is 4.10. The highest BCUT2D eigenvalue weighted by atomic mass is 28.3. The molecule has 1 fully saturated rings. The van der Waals surface area contributed by atoms with E-state index in [4.69, 9.17) is 0 Å². The first-order chi connectivity index (χ1) is 13.2. The van der Waals surface area contributed by atoms with Crippen molar-refractivity contribution in [3.63, 3.8) is 0 Å². The molecule has 2 atom stereocenters. The minimum atomic E-state index is -1.38. The second kappa shape index (κ2) is 7.96. The summed E-state index contributed by atoms with van der Waals surface area (Å²) in [4.78, 5) is 20.4. The van der Waals surface area contributed by atoms with E-state index in [1.54, 1.807) is 6.20 Å². The lowest BCUT2D eigenvalue weighted by molar-refractivity contribution is 0.138. The van der Waals surface area contributed by atoms with Gasteiger partial charge in [0.25, 0.3) is 0 Å². The smallest absolute Gasteiger partial charge is 0.407 e. The Morgan fingerprint density at radius 2 is 1.82 bits per heavy atom. The molecule has 0 bridgehead atoms. The summed E-state index contributed by atoms with van der Waals surface area (Å²) in [6.45, 7) is 9.26. The highest BCUT2D eigenvalue weighted by molar-refractivity contribution is 6.83. The largest absolute Gasteiger partial charge is 0.465 e. The Bertz CT molecular complexity index is 981. The monoisotopic (exact) mass is 391 g/mol. The van der Waals surface area contributed by atoms with Gasteiger partial charge in [0.1, 0.15) is 19.6 Å². The Kier molecular flexibility index (Phi) is 5.62. The topological polar surface area (TPSA) is 69.2 Å². The molecule has 3 rings (SSSR count). The molecule has 28 heavy (non-hydrogen) atoms. The Labute approximate surface area is 167 Å². The van der Waals surface area contributed by atoms with Crippen molar-refractivity contribution in [2.45, 2.75) is 39.0 Å². The van der Waals surface area contributed by atoms with Gasteiger partial charge in [0.05, 0.1) is 12.2 Å². The molecule has 0 saturated carbocycles. The summed E-state index contributed by atoms with van der Waals surface area (Å²) in [6, 6.07) is 7.67. The van der Waals surface area contributed by atoms with Crippen LogP contribution in [0.25, 0.3) is 0 Å². The normalized spacial score (nSPS) is 18.8. The quantitative estimate of drug-likeness (QED) is 0.568. The van der Waals surface area contributed by atoms with Crippen LogP contribution >= 0.6 is 0 Å². The molecule has 0 aliphatic carbocycles. The number of hydrogen-bond donors (Lipinski definition) is 2. The maximum absolute atomic E-state index is 11.4. The molecule has 6 heteroatoms. The molecular formula is C22H25N3O2Si. The van der Waals surface area contributed by atoms with Crippen LogP contribution in [0, 0.1) is 29.2 Å². The van der Waals surface area contributed by atoms with Crippen molar-refractivity contribution in [3.8, 4) is 23.3 Å². The molecule has 1 aromatic heterocycles. The van der Waals surface area contributed by atoms with E-state index in [1.165, 1.54) is 4.90 Å². The van der Waals surface area contributed by atoms with Crippen molar-refractivity contribution < 1.29 is 9.90 Å². The predicted molar refractivity (Wildman–Crippen MR) is 112 cm³/mol. The highest BCUT2D eigenvalue weighted by Gasteiger charge is 2.35. The zero-order valence-corrected chi connectivity index (χ0v) is 17.7. The van der Waals surface area contributed by atoms with E-state index < -0.39 is 14.2 Å². The number of H-pyrrole nitrogens is 1. The van der Waals surface area contributed by atoms with E-state index in [0.29, 0.717) is 24.0 Å². The van der Waals surface area contributed by atoms with Gasteiger partial charge in [-0.1, -0.05) is 38.4 Å². The van der Waals surface area contributed by atoms with E-state index in [0.717, 1.165) is 17.5 Å². The van der Waals surface area contributed by atoms with Crippen molar-refractivity contribution in [2.75, 3.05) is 6.54 Å². The fourth-order valence-corrected chi connectivity index (χ4v) is 3.64. The number of rotatable bonds is 1. The minimum absolute atomic E-state index is 0.229. The number of amides is 1. The molecule has 1 aliphatic heterocycles. The number of carbonyl (C=O) groups is 1. The summed E-state index contributed by atoms with van der Waals surface area (Å²) in [5, 5.41) is 9.38. The second-order valence-corrected chi connectivity index (χ2v) is 13.1. The Hall–Kier alpha value is -2.96. The van der Waals surface area contributed by atoms with Crippen molar-refractivity contribution in [1.82, 2.24) is 14.9 Å². The van der Waals surface area contributed by atoms with E-state index in [9.17, 15) is 9.90 Å². The SMILES string of the molecule is C[C@H]1C[C@@H](c2ncc(C#Cc3ccc(C#C[Si](C)(C)C)cc3)[nH]2)N(C(=O)O)C1. The van der Waals surface area contributed by atoms with Crippen molar-refractivity contribution in [3.05, 3.63) is 53.1 Å².